The van der Waals surface area contributed by atoms with Crippen molar-refractivity contribution in [1.29, 1.82) is 0 Å². The van der Waals surface area contributed by atoms with Gasteiger partial charge in [-0.3, -0.25) is 9.59 Å². The Morgan fingerprint density at radius 3 is 2.44 bits per heavy atom. The number of nitrogens with one attached hydrogen (secondary N) is 1. The molecule has 1 N–H and O–H groups in total. The van der Waals surface area contributed by atoms with E-state index in [1.54, 1.807) is 30.3 Å². The van der Waals surface area contributed by atoms with Crippen LogP contribution in [0.15, 0.2) is 36.4 Å². The van der Waals surface area contributed by atoms with Crippen LogP contribution in [-0.2, 0) is 9.59 Å². The van der Waals surface area contributed by atoms with E-state index in [2.05, 4.69) is 5.32 Å². The van der Waals surface area contributed by atoms with E-state index in [0.717, 1.165) is 5.56 Å². The van der Waals surface area contributed by atoms with Gasteiger partial charge in [0.05, 0.1) is 21.7 Å². The molecule has 0 saturated carbocycles. The van der Waals surface area contributed by atoms with Gasteiger partial charge in [0.15, 0.2) is 0 Å². The quantitative estimate of drug-likeness (QED) is 0.797. The smallest absolute Gasteiger partial charge is 0.229 e. The number of benzene rings is 2. The predicted molar refractivity (Wildman–Crippen MR) is 102 cm³/mol. The third kappa shape index (κ3) is 3.76. The lowest BCUT2D eigenvalue weighted by atomic mass is 10.1. The summed E-state index contributed by atoms with van der Waals surface area (Å²) in [6.45, 7) is 2.11. The van der Waals surface area contributed by atoms with E-state index >= 15 is 0 Å². The molecular weight excluding hydrogens is 383 g/mol. The van der Waals surface area contributed by atoms with Crippen molar-refractivity contribution in [2.75, 3.05) is 16.8 Å². The highest BCUT2D eigenvalue weighted by Crippen LogP contribution is 2.37. The molecule has 1 fully saturated rings. The summed E-state index contributed by atoms with van der Waals surface area (Å²) in [5.41, 5.74) is 1.97. The van der Waals surface area contributed by atoms with Gasteiger partial charge in [0.2, 0.25) is 11.8 Å². The Balaban J connectivity index is 1.75. The van der Waals surface area contributed by atoms with Crippen molar-refractivity contribution < 1.29 is 9.59 Å². The number of carbonyl (C=O) groups is 2. The fraction of sp³-hybridized carbons (Fsp3) is 0.222. The molecule has 1 saturated heterocycles. The fourth-order valence-electron chi connectivity index (χ4n) is 2.76. The molecule has 1 aliphatic heterocycles. The van der Waals surface area contributed by atoms with Crippen molar-refractivity contribution in [3.8, 4) is 0 Å². The molecule has 0 bridgehead atoms. The Bertz CT molecular complexity index is 834. The van der Waals surface area contributed by atoms with E-state index in [-0.39, 0.29) is 24.8 Å². The second-order valence-corrected chi connectivity index (χ2v) is 7.15. The highest BCUT2D eigenvalue weighted by Gasteiger charge is 2.36. The molecule has 3 rings (SSSR count). The summed E-state index contributed by atoms with van der Waals surface area (Å²) < 4.78 is 0. The van der Waals surface area contributed by atoms with Crippen LogP contribution in [0.5, 0.6) is 0 Å². The lowest BCUT2D eigenvalue weighted by Crippen LogP contribution is -2.28. The highest BCUT2D eigenvalue weighted by atomic mass is 35.5. The van der Waals surface area contributed by atoms with Gasteiger partial charge in [0, 0.05) is 23.7 Å². The normalized spacial score (nSPS) is 17.0. The molecule has 0 aromatic heterocycles. The van der Waals surface area contributed by atoms with Crippen LogP contribution in [0.2, 0.25) is 15.1 Å². The minimum atomic E-state index is -0.486. The number of hydrogen-bond acceptors (Lipinski definition) is 2. The molecule has 2 amide bonds. The van der Waals surface area contributed by atoms with Crippen LogP contribution in [0.4, 0.5) is 11.4 Å². The van der Waals surface area contributed by atoms with Crippen molar-refractivity contribution in [3.63, 3.8) is 0 Å². The second-order valence-electron chi connectivity index (χ2n) is 5.93. The molecule has 1 aliphatic rings. The molecule has 1 unspecified atom stereocenters. The number of amides is 2. The largest absolute Gasteiger partial charge is 0.326 e. The molecule has 130 valence electrons. The molecule has 0 aliphatic carbocycles. The first kappa shape index (κ1) is 18.1. The van der Waals surface area contributed by atoms with Crippen molar-refractivity contribution in [1.82, 2.24) is 0 Å². The maximum atomic E-state index is 12.5. The monoisotopic (exact) mass is 396 g/mol. The van der Waals surface area contributed by atoms with Gasteiger partial charge >= 0.3 is 0 Å². The third-order valence-electron chi connectivity index (χ3n) is 4.14. The number of anilines is 2. The lowest BCUT2D eigenvalue weighted by molar-refractivity contribution is -0.122. The van der Waals surface area contributed by atoms with Gasteiger partial charge in [0.25, 0.3) is 0 Å². The average molecular weight is 398 g/mol. The fourth-order valence-corrected chi connectivity index (χ4v) is 3.54. The predicted octanol–water partition coefficient (Wildman–Crippen LogP) is 4.95. The van der Waals surface area contributed by atoms with Crippen LogP contribution < -0.4 is 10.2 Å². The molecule has 0 spiro atoms. The summed E-state index contributed by atoms with van der Waals surface area (Å²) in [6.07, 6.45) is 0.104. The summed E-state index contributed by atoms with van der Waals surface area (Å²) in [5, 5.41) is 4.14. The van der Waals surface area contributed by atoms with Gasteiger partial charge in [-0.05, 0) is 36.8 Å². The Kier molecular flexibility index (Phi) is 5.23. The maximum absolute atomic E-state index is 12.5. The SMILES string of the molecule is Cc1ccc(NC(=O)C2CC(=O)N(c3c(Cl)cccc3Cl)C2)cc1Cl. The minimum absolute atomic E-state index is 0.104. The van der Waals surface area contributed by atoms with Crippen LogP contribution in [0.3, 0.4) is 0 Å². The summed E-state index contributed by atoms with van der Waals surface area (Å²) >= 11 is 18.4. The number of hydrogen-bond donors (Lipinski definition) is 1. The number of halogens is 3. The zero-order chi connectivity index (χ0) is 18.1. The van der Waals surface area contributed by atoms with E-state index in [1.165, 1.54) is 4.90 Å². The summed E-state index contributed by atoms with van der Waals surface area (Å²) in [4.78, 5) is 26.3. The number of aryl methyl sites for hydroxylation is 1. The summed E-state index contributed by atoms with van der Waals surface area (Å²) in [7, 11) is 0. The van der Waals surface area contributed by atoms with Gasteiger partial charge in [-0.25, -0.2) is 0 Å². The molecule has 2 aromatic carbocycles. The Labute approximate surface area is 160 Å². The first-order valence-corrected chi connectivity index (χ1v) is 8.81. The number of rotatable bonds is 3. The highest BCUT2D eigenvalue weighted by molar-refractivity contribution is 6.40. The molecule has 2 aromatic rings. The topological polar surface area (TPSA) is 49.4 Å². The lowest BCUT2D eigenvalue weighted by Gasteiger charge is -2.19. The van der Waals surface area contributed by atoms with E-state index in [4.69, 9.17) is 34.8 Å². The second kappa shape index (κ2) is 7.24. The number of nitrogens with zero attached hydrogens (tertiary/aromatic N) is 1. The molecular formula is C18H15Cl3N2O2. The van der Waals surface area contributed by atoms with Crippen LogP contribution in [-0.4, -0.2) is 18.4 Å². The van der Waals surface area contributed by atoms with Gasteiger partial charge in [-0.2, -0.15) is 0 Å². The molecule has 7 heteroatoms. The standard InChI is InChI=1S/C18H15Cl3N2O2/c1-10-5-6-12(8-15(10)21)22-18(25)11-7-16(24)23(9-11)17-13(19)3-2-4-14(17)20/h2-6,8,11H,7,9H2,1H3,(H,22,25). The Morgan fingerprint density at radius 2 is 1.80 bits per heavy atom. The summed E-state index contributed by atoms with van der Waals surface area (Å²) in [6, 6.07) is 10.3. The minimum Gasteiger partial charge on any atom is -0.326 e. The van der Waals surface area contributed by atoms with E-state index in [1.807, 2.05) is 13.0 Å². The molecule has 1 atom stereocenters. The number of carbonyl (C=O) groups excluding carboxylic acids is 2. The summed E-state index contributed by atoms with van der Waals surface area (Å²) in [5.74, 6) is -0.907. The van der Waals surface area contributed by atoms with Crippen LogP contribution in [0.25, 0.3) is 0 Å². The Morgan fingerprint density at radius 1 is 1.12 bits per heavy atom. The van der Waals surface area contributed by atoms with Crippen molar-refractivity contribution in [3.05, 3.63) is 57.0 Å². The van der Waals surface area contributed by atoms with Gasteiger partial charge in [-0.1, -0.05) is 46.9 Å². The van der Waals surface area contributed by atoms with E-state index in [9.17, 15) is 9.59 Å². The van der Waals surface area contributed by atoms with Crippen molar-refractivity contribution in [2.45, 2.75) is 13.3 Å². The van der Waals surface area contributed by atoms with Gasteiger partial charge < -0.3 is 10.2 Å². The average Bonchev–Trinajstić information content (AvgIpc) is 2.93. The van der Waals surface area contributed by atoms with E-state index in [0.29, 0.717) is 26.4 Å². The maximum Gasteiger partial charge on any atom is 0.229 e. The zero-order valence-electron chi connectivity index (χ0n) is 13.4. The van der Waals surface area contributed by atoms with Crippen LogP contribution in [0.1, 0.15) is 12.0 Å². The van der Waals surface area contributed by atoms with Crippen LogP contribution in [0, 0.1) is 12.8 Å². The third-order valence-corrected chi connectivity index (χ3v) is 5.16. The Hall–Kier alpha value is -1.75. The molecule has 0 radical (unpaired) electrons. The molecule has 25 heavy (non-hydrogen) atoms. The first-order chi connectivity index (χ1) is 11.9. The van der Waals surface area contributed by atoms with Gasteiger partial charge in [-0.15, -0.1) is 0 Å². The first-order valence-electron chi connectivity index (χ1n) is 7.68. The van der Waals surface area contributed by atoms with E-state index < -0.39 is 5.92 Å². The molecule has 1 heterocycles. The van der Waals surface area contributed by atoms with Crippen molar-refractivity contribution >= 4 is 58.0 Å². The van der Waals surface area contributed by atoms with Gasteiger partial charge in [0.1, 0.15) is 0 Å². The molecule has 4 nitrogen and oxygen atoms in total. The number of para-hydroxylation sites is 1. The van der Waals surface area contributed by atoms with Crippen LogP contribution >= 0.6 is 34.8 Å². The van der Waals surface area contributed by atoms with Crippen molar-refractivity contribution in [2.24, 2.45) is 5.92 Å². The zero-order valence-corrected chi connectivity index (χ0v) is 15.6.